The molecule has 0 aliphatic carbocycles. The second kappa shape index (κ2) is 8.13. The van der Waals surface area contributed by atoms with Crippen molar-refractivity contribution in [3.63, 3.8) is 0 Å². The van der Waals surface area contributed by atoms with Crippen molar-refractivity contribution in [1.82, 2.24) is 9.80 Å². The molecule has 0 aromatic heterocycles. The van der Waals surface area contributed by atoms with Crippen molar-refractivity contribution in [1.29, 1.82) is 0 Å². The van der Waals surface area contributed by atoms with Crippen LogP contribution in [0, 0.1) is 5.92 Å². The molecule has 128 valence electrons. The van der Waals surface area contributed by atoms with Gasteiger partial charge >= 0.3 is 0 Å². The van der Waals surface area contributed by atoms with Gasteiger partial charge in [-0.25, -0.2) is 0 Å². The van der Waals surface area contributed by atoms with Crippen LogP contribution in [0.4, 0.5) is 5.69 Å². The number of aliphatic hydroxyl groups excluding tert-OH is 1. The fraction of sp³-hybridized carbons (Fsp3) is 0.684. The number of hydrogen-bond donors (Lipinski definition) is 1. The van der Waals surface area contributed by atoms with Crippen LogP contribution < -0.4 is 4.90 Å². The lowest BCUT2D eigenvalue weighted by atomic mass is 9.97. The van der Waals surface area contributed by atoms with Crippen LogP contribution in [-0.4, -0.2) is 67.3 Å². The molecule has 1 N–H and O–H groups in total. The quantitative estimate of drug-likeness (QED) is 0.900. The van der Waals surface area contributed by atoms with E-state index in [1.165, 1.54) is 24.3 Å². The molecule has 0 bridgehead atoms. The zero-order valence-corrected chi connectivity index (χ0v) is 14.5. The van der Waals surface area contributed by atoms with Gasteiger partial charge in [-0.05, 0) is 50.0 Å². The highest BCUT2D eigenvalue weighted by Gasteiger charge is 2.21. The summed E-state index contributed by atoms with van der Waals surface area (Å²) in [6.07, 6.45) is 2.27. The Morgan fingerprint density at radius 1 is 0.957 bits per heavy atom. The second-order valence-electron chi connectivity index (χ2n) is 6.95. The molecule has 3 rings (SSSR count). The van der Waals surface area contributed by atoms with E-state index in [-0.39, 0.29) is 0 Å². The Kier molecular flexibility index (Phi) is 5.92. The minimum Gasteiger partial charge on any atom is -0.396 e. The van der Waals surface area contributed by atoms with Gasteiger partial charge in [-0.1, -0.05) is 25.1 Å². The molecule has 0 spiro atoms. The summed E-state index contributed by atoms with van der Waals surface area (Å²) in [6, 6.07) is 8.92. The summed E-state index contributed by atoms with van der Waals surface area (Å²) >= 11 is 0. The van der Waals surface area contributed by atoms with Crippen LogP contribution in [-0.2, 0) is 6.54 Å². The molecule has 1 aromatic rings. The van der Waals surface area contributed by atoms with Crippen molar-refractivity contribution in [3.05, 3.63) is 29.8 Å². The number of nitrogens with zero attached hydrogens (tertiary/aromatic N) is 3. The van der Waals surface area contributed by atoms with Crippen molar-refractivity contribution >= 4 is 5.69 Å². The van der Waals surface area contributed by atoms with Gasteiger partial charge in [0.2, 0.25) is 0 Å². The largest absolute Gasteiger partial charge is 0.396 e. The molecule has 2 fully saturated rings. The summed E-state index contributed by atoms with van der Waals surface area (Å²) in [5.74, 6) is 0.517. The van der Waals surface area contributed by atoms with Gasteiger partial charge in [0.25, 0.3) is 0 Å². The van der Waals surface area contributed by atoms with Gasteiger partial charge in [0.1, 0.15) is 0 Å². The minimum atomic E-state index is 0.353. The van der Waals surface area contributed by atoms with Crippen molar-refractivity contribution < 1.29 is 5.11 Å². The van der Waals surface area contributed by atoms with E-state index in [4.69, 9.17) is 0 Å². The highest BCUT2D eigenvalue weighted by molar-refractivity contribution is 5.54. The topological polar surface area (TPSA) is 30.0 Å². The Morgan fingerprint density at radius 2 is 1.65 bits per heavy atom. The molecule has 2 heterocycles. The van der Waals surface area contributed by atoms with Gasteiger partial charge in [0.15, 0.2) is 0 Å². The standard InChI is InChI=1S/C19H31N3O/c1-2-20-11-13-22(14-12-20)19-6-4-3-5-18(19)15-21-9-7-17(16-23)8-10-21/h3-6,17,23H,2,7-16H2,1H3. The van der Waals surface area contributed by atoms with E-state index in [2.05, 4.69) is 45.9 Å². The third-order valence-corrected chi connectivity index (χ3v) is 5.51. The first-order valence-electron chi connectivity index (χ1n) is 9.18. The molecule has 2 aliphatic rings. The van der Waals surface area contributed by atoms with Crippen molar-refractivity contribution in [3.8, 4) is 0 Å². The molecule has 23 heavy (non-hydrogen) atoms. The fourth-order valence-electron chi connectivity index (χ4n) is 3.83. The predicted molar refractivity (Wildman–Crippen MR) is 95.9 cm³/mol. The molecule has 4 nitrogen and oxygen atoms in total. The number of hydrogen-bond acceptors (Lipinski definition) is 4. The molecule has 2 saturated heterocycles. The van der Waals surface area contributed by atoms with Gasteiger partial charge in [-0.15, -0.1) is 0 Å². The Balaban J connectivity index is 1.62. The normalized spacial score (nSPS) is 21.7. The Hall–Kier alpha value is -1.10. The lowest BCUT2D eigenvalue weighted by molar-refractivity contribution is 0.127. The van der Waals surface area contributed by atoms with E-state index in [1.54, 1.807) is 0 Å². The number of para-hydroxylation sites is 1. The first-order chi connectivity index (χ1) is 11.3. The molecule has 0 amide bonds. The van der Waals surface area contributed by atoms with Gasteiger partial charge in [-0.3, -0.25) is 4.90 Å². The summed E-state index contributed by atoms with van der Waals surface area (Å²) in [4.78, 5) is 7.63. The lowest BCUT2D eigenvalue weighted by Gasteiger charge is -2.37. The number of piperazine rings is 1. The van der Waals surface area contributed by atoms with E-state index in [0.717, 1.165) is 52.1 Å². The summed E-state index contributed by atoms with van der Waals surface area (Å²) in [5, 5.41) is 9.29. The molecule has 0 saturated carbocycles. The SMILES string of the molecule is CCN1CCN(c2ccccc2CN2CCC(CO)CC2)CC1. The Bertz CT molecular complexity index is 477. The zero-order chi connectivity index (χ0) is 16.1. The van der Waals surface area contributed by atoms with Crippen LogP contribution in [0.25, 0.3) is 0 Å². The summed E-state index contributed by atoms with van der Waals surface area (Å²) in [7, 11) is 0. The van der Waals surface area contributed by atoms with Gasteiger partial charge < -0.3 is 14.9 Å². The molecule has 0 atom stereocenters. The van der Waals surface area contributed by atoms with Gasteiger partial charge in [0.05, 0.1) is 0 Å². The maximum Gasteiger partial charge on any atom is 0.0460 e. The summed E-state index contributed by atoms with van der Waals surface area (Å²) in [5.41, 5.74) is 2.88. The molecule has 0 unspecified atom stereocenters. The van der Waals surface area contributed by atoms with E-state index in [9.17, 15) is 5.11 Å². The molecule has 1 aromatic carbocycles. The Labute approximate surface area is 140 Å². The molecular formula is C19H31N3O. The van der Waals surface area contributed by atoms with Gasteiger partial charge in [0, 0.05) is 45.0 Å². The molecule has 2 aliphatic heterocycles. The monoisotopic (exact) mass is 317 g/mol. The maximum atomic E-state index is 9.29. The van der Waals surface area contributed by atoms with E-state index in [1.807, 2.05) is 0 Å². The number of likely N-dealkylation sites (N-methyl/N-ethyl adjacent to an activating group) is 1. The van der Waals surface area contributed by atoms with Crippen LogP contribution in [0.3, 0.4) is 0 Å². The first kappa shape index (κ1) is 16.7. The Morgan fingerprint density at radius 3 is 2.30 bits per heavy atom. The maximum absolute atomic E-state index is 9.29. The zero-order valence-electron chi connectivity index (χ0n) is 14.5. The summed E-state index contributed by atoms with van der Waals surface area (Å²) in [6.45, 7) is 11.7. The van der Waals surface area contributed by atoms with Crippen LogP contribution in [0.5, 0.6) is 0 Å². The smallest absolute Gasteiger partial charge is 0.0460 e. The van der Waals surface area contributed by atoms with E-state index >= 15 is 0 Å². The van der Waals surface area contributed by atoms with Crippen LogP contribution in [0.2, 0.25) is 0 Å². The predicted octanol–water partition coefficient (Wildman–Crippen LogP) is 2.03. The van der Waals surface area contributed by atoms with E-state index in [0.29, 0.717) is 12.5 Å². The molecule has 4 heteroatoms. The number of rotatable bonds is 5. The fourth-order valence-corrected chi connectivity index (χ4v) is 3.83. The number of anilines is 1. The van der Waals surface area contributed by atoms with E-state index < -0.39 is 0 Å². The minimum absolute atomic E-state index is 0.353. The van der Waals surface area contributed by atoms with Crippen LogP contribution in [0.15, 0.2) is 24.3 Å². The average molecular weight is 317 g/mol. The highest BCUT2D eigenvalue weighted by Crippen LogP contribution is 2.25. The number of piperidine rings is 1. The molecule has 0 radical (unpaired) electrons. The van der Waals surface area contributed by atoms with Crippen LogP contribution in [0.1, 0.15) is 25.3 Å². The number of benzene rings is 1. The average Bonchev–Trinajstić information content (AvgIpc) is 2.63. The first-order valence-corrected chi connectivity index (χ1v) is 9.18. The van der Waals surface area contributed by atoms with Crippen molar-refractivity contribution in [2.24, 2.45) is 5.92 Å². The van der Waals surface area contributed by atoms with Crippen molar-refractivity contribution in [2.75, 3.05) is 57.3 Å². The van der Waals surface area contributed by atoms with Crippen LogP contribution >= 0.6 is 0 Å². The van der Waals surface area contributed by atoms with Crippen molar-refractivity contribution in [2.45, 2.75) is 26.3 Å². The summed E-state index contributed by atoms with van der Waals surface area (Å²) < 4.78 is 0. The lowest BCUT2D eigenvalue weighted by Crippen LogP contribution is -2.46. The van der Waals surface area contributed by atoms with Gasteiger partial charge in [-0.2, -0.15) is 0 Å². The number of likely N-dealkylation sites (tertiary alicyclic amines) is 1. The number of aliphatic hydroxyl groups is 1. The third-order valence-electron chi connectivity index (χ3n) is 5.51. The third kappa shape index (κ3) is 4.25. The second-order valence-corrected chi connectivity index (χ2v) is 6.95. The molecular weight excluding hydrogens is 286 g/mol. The highest BCUT2D eigenvalue weighted by atomic mass is 16.3.